The number of fused-ring (bicyclic) bond motifs is 1. The van der Waals surface area contributed by atoms with Crippen LogP contribution in [0.15, 0.2) is 23.6 Å². The third-order valence-electron chi connectivity index (χ3n) is 4.73. The van der Waals surface area contributed by atoms with Gasteiger partial charge in [0.05, 0.1) is 16.0 Å². The number of carbonyl (C=O) groups is 1. The number of carboxylic acid groups (broad SMARTS) is 1. The number of nitrogens with two attached hydrogens (primary N) is 1. The third kappa shape index (κ3) is 3.18. The van der Waals surface area contributed by atoms with E-state index in [2.05, 4.69) is 32.5 Å². The van der Waals surface area contributed by atoms with Gasteiger partial charge in [-0.15, -0.1) is 6.58 Å². The zero-order chi connectivity index (χ0) is 19.2. The largest absolute Gasteiger partial charge is 0.465 e. The van der Waals surface area contributed by atoms with Gasteiger partial charge in [0.15, 0.2) is 0 Å². The van der Waals surface area contributed by atoms with Crippen LogP contribution in [0.5, 0.6) is 0 Å². The van der Waals surface area contributed by atoms with Gasteiger partial charge in [-0.05, 0) is 55.5 Å². The predicted molar refractivity (Wildman–Crippen MR) is 105 cm³/mol. The van der Waals surface area contributed by atoms with Crippen molar-refractivity contribution in [1.82, 2.24) is 19.4 Å². The van der Waals surface area contributed by atoms with E-state index in [-0.39, 0.29) is 0 Å². The molecule has 3 N–H and O–H groups in total. The summed E-state index contributed by atoms with van der Waals surface area (Å²) >= 11 is 3.70. The predicted octanol–water partition coefficient (Wildman–Crippen LogP) is 3.99. The third-order valence-corrected chi connectivity index (χ3v) is 5.58. The van der Waals surface area contributed by atoms with Crippen LogP contribution in [-0.2, 0) is 6.54 Å². The first-order chi connectivity index (χ1) is 12.2. The Balaban J connectivity index is 2.11. The molecule has 1 amide bonds. The molecule has 2 heterocycles. The molecular weight excluding hydrogens is 398 g/mol. The summed E-state index contributed by atoms with van der Waals surface area (Å²) in [5.41, 5.74) is 7.42. The SMILES string of the molecule is C=CC(Cn1c(Br)c(C2CC2)c2c(N)ncnc21)N(C(=O)O)C(C)(C)C. The van der Waals surface area contributed by atoms with Gasteiger partial charge >= 0.3 is 6.09 Å². The first-order valence-electron chi connectivity index (χ1n) is 8.59. The van der Waals surface area contributed by atoms with E-state index in [0.29, 0.717) is 18.3 Å². The van der Waals surface area contributed by atoms with Crippen molar-refractivity contribution in [2.45, 2.75) is 57.7 Å². The Morgan fingerprint density at radius 2 is 2.19 bits per heavy atom. The van der Waals surface area contributed by atoms with Gasteiger partial charge in [0, 0.05) is 17.6 Å². The summed E-state index contributed by atoms with van der Waals surface area (Å²) < 4.78 is 2.88. The maximum atomic E-state index is 11.9. The van der Waals surface area contributed by atoms with Gasteiger partial charge in [0.1, 0.15) is 17.8 Å². The van der Waals surface area contributed by atoms with Crippen molar-refractivity contribution in [2.24, 2.45) is 0 Å². The number of rotatable bonds is 5. The molecule has 0 saturated heterocycles. The monoisotopic (exact) mass is 421 g/mol. The summed E-state index contributed by atoms with van der Waals surface area (Å²) in [6.45, 7) is 9.87. The zero-order valence-electron chi connectivity index (χ0n) is 15.2. The molecular formula is C18H24BrN5O2. The fourth-order valence-corrected chi connectivity index (χ4v) is 4.31. The lowest BCUT2D eigenvalue weighted by molar-refractivity contribution is 0.0786. The number of aromatic nitrogens is 3. The van der Waals surface area contributed by atoms with Gasteiger partial charge < -0.3 is 15.4 Å². The van der Waals surface area contributed by atoms with Crippen LogP contribution in [0, 0.1) is 0 Å². The van der Waals surface area contributed by atoms with E-state index in [1.54, 1.807) is 6.08 Å². The lowest BCUT2D eigenvalue weighted by atomic mass is 10.0. The highest BCUT2D eigenvalue weighted by Gasteiger charge is 2.35. The Hall–Kier alpha value is -2.09. The summed E-state index contributed by atoms with van der Waals surface area (Å²) in [5.74, 6) is 0.902. The minimum Gasteiger partial charge on any atom is -0.465 e. The van der Waals surface area contributed by atoms with E-state index < -0.39 is 17.7 Å². The topological polar surface area (TPSA) is 97.3 Å². The van der Waals surface area contributed by atoms with E-state index in [1.165, 1.54) is 11.2 Å². The van der Waals surface area contributed by atoms with Crippen LogP contribution < -0.4 is 5.73 Å². The van der Waals surface area contributed by atoms with Crippen LogP contribution in [0.3, 0.4) is 0 Å². The Labute approximate surface area is 161 Å². The van der Waals surface area contributed by atoms with Gasteiger partial charge in [-0.3, -0.25) is 4.90 Å². The Morgan fingerprint density at radius 1 is 1.54 bits per heavy atom. The Bertz CT molecular complexity index is 867. The minimum atomic E-state index is -0.980. The first kappa shape index (κ1) is 18.7. The highest BCUT2D eigenvalue weighted by atomic mass is 79.9. The highest BCUT2D eigenvalue weighted by molar-refractivity contribution is 9.10. The fourth-order valence-electron chi connectivity index (χ4n) is 3.48. The molecule has 0 aliphatic heterocycles. The van der Waals surface area contributed by atoms with E-state index >= 15 is 0 Å². The van der Waals surface area contributed by atoms with Gasteiger partial charge in [0.2, 0.25) is 0 Å². The maximum absolute atomic E-state index is 11.9. The minimum absolute atomic E-state index is 0.396. The summed E-state index contributed by atoms with van der Waals surface area (Å²) in [7, 11) is 0. The zero-order valence-corrected chi connectivity index (χ0v) is 16.8. The second kappa shape index (κ2) is 6.57. The molecule has 2 aromatic rings. The van der Waals surface area contributed by atoms with E-state index in [9.17, 15) is 9.90 Å². The molecule has 26 heavy (non-hydrogen) atoms. The number of hydrogen-bond acceptors (Lipinski definition) is 4. The van der Waals surface area contributed by atoms with Crippen molar-refractivity contribution in [1.29, 1.82) is 0 Å². The standard InChI is InChI=1S/C18H24BrN5O2/c1-5-11(24(17(25)26)18(2,3)4)8-23-14(19)12(10-6-7-10)13-15(20)21-9-22-16(13)23/h5,9-11H,1,6-8H2,2-4H3,(H,25,26)(H2,20,21,22). The summed E-state index contributed by atoms with van der Waals surface area (Å²) in [6, 6.07) is -0.414. The molecule has 8 heteroatoms. The number of nitrogens with zero attached hydrogens (tertiary/aromatic N) is 4. The molecule has 0 aromatic carbocycles. The van der Waals surface area contributed by atoms with Crippen molar-refractivity contribution in [3.05, 3.63) is 29.1 Å². The van der Waals surface area contributed by atoms with Gasteiger partial charge in [-0.2, -0.15) is 0 Å². The average molecular weight is 422 g/mol. The maximum Gasteiger partial charge on any atom is 0.408 e. The van der Waals surface area contributed by atoms with Crippen molar-refractivity contribution >= 4 is 38.9 Å². The number of anilines is 1. The van der Waals surface area contributed by atoms with Crippen LogP contribution in [0.1, 0.15) is 45.1 Å². The fraction of sp³-hybridized carbons (Fsp3) is 0.500. The molecule has 0 spiro atoms. The number of hydrogen-bond donors (Lipinski definition) is 2. The van der Waals surface area contributed by atoms with Crippen molar-refractivity contribution < 1.29 is 9.90 Å². The molecule has 3 rings (SSSR count). The van der Waals surface area contributed by atoms with Crippen molar-refractivity contribution in [3.8, 4) is 0 Å². The molecule has 2 aromatic heterocycles. The Morgan fingerprint density at radius 3 is 2.69 bits per heavy atom. The molecule has 1 saturated carbocycles. The number of nitrogen functional groups attached to an aromatic ring is 1. The molecule has 1 fully saturated rings. The molecule has 1 aliphatic carbocycles. The smallest absolute Gasteiger partial charge is 0.408 e. The van der Waals surface area contributed by atoms with Gasteiger partial charge in [-0.25, -0.2) is 14.8 Å². The van der Waals surface area contributed by atoms with E-state index in [0.717, 1.165) is 34.0 Å². The molecule has 1 aliphatic rings. The van der Waals surface area contributed by atoms with Crippen LogP contribution >= 0.6 is 15.9 Å². The summed E-state index contributed by atoms with van der Waals surface area (Å²) in [5, 5.41) is 10.6. The first-order valence-corrected chi connectivity index (χ1v) is 9.39. The van der Waals surface area contributed by atoms with Gasteiger partial charge in [-0.1, -0.05) is 6.08 Å². The van der Waals surface area contributed by atoms with Crippen LogP contribution in [0.2, 0.25) is 0 Å². The van der Waals surface area contributed by atoms with Crippen molar-refractivity contribution in [3.63, 3.8) is 0 Å². The second-order valence-electron chi connectivity index (χ2n) is 7.67. The second-order valence-corrected chi connectivity index (χ2v) is 8.42. The normalized spacial score (nSPS) is 15.8. The number of halogens is 1. The summed E-state index contributed by atoms with van der Waals surface area (Å²) in [4.78, 5) is 21.9. The Kier molecular flexibility index (Phi) is 4.72. The summed E-state index contributed by atoms with van der Waals surface area (Å²) in [6.07, 6.45) is 4.35. The highest BCUT2D eigenvalue weighted by Crippen LogP contribution is 2.48. The van der Waals surface area contributed by atoms with Crippen molar-refractivity contribution in [2.75, 3.05) is 5.73 Å². The molecule has 0 radical (unpaired) electrons. The molecule has 140 valence electrons. The molecule has 7 nitrogen and oxygen atoms in total. The number of amides is 1. The average Bonchev–Trinajstić information content (AvgIpc) is 3.32. The van der Waals surface area contributed by atoms with E-state index in [1.807, 2.05) is 25.3 Å². The van der Waals surface area contributed by atoms with Crippen LogP contribution in [-0.4, -0.2) is 42.2 Å². The molecule has 0 bridgehead atoms. The molecule has 1 unspecified atom stereocenters. The van der Waals surface area contributed by atoms with E-state index in [4.69, 9.17) is 5.73 Å². The molecule has 1 atom stereocenters. The van der Waals surface area contributed by atoms with Crippen LogP contribution in [0.4, 0.5) is 10.6 Å². The lowest BCUT2D eigenvalue weighted by Crippen LogP contribution is -2.51. The van der Waals surface area contributed by atoms with Crippen LogP contribution in [0.25, 0.3) is 11.0 Å². The lowest BCUT2D eigenvalue weighted by Gasteiger charge is -2.38. The quantitative estimate of drug-likeness (QED) is 0.711. The van der Waals surface area contributed by atoms with Gasteiger partial charge in [0.25, 0.3) is 0 Å².